The second-order valence-corrected chi connectivity index (χ2v) is 4.55. The average molecular weight is 252 g/mol. The molecule has 0 amide bonds. The van der Waals surface area contributed by atoms with Gasteiger partial charge in [-0.05, 0) is 31.3 Å². The van der Waals surface area contributed by atoms with E-state index in [-0.39, 0.29) is 6.04 Å². The van der Waals surface area contributed by atoms with Crippen LogP contribution >= 0.6 is 0 Å². The minimum atomic E-state index is 0.163. The maximum Gasteiger partial charge on any atom is 0.105 e. The molecule has 19 heavy (non-hydrogen) atoms. The molecule has 2 heterocycles. The summed E-state index contributed by atoms with van der Waals surface area (Å²) in [6, 6.07) is 16.4. The molecule has 2 aromatic heterocycles. The predicted molar refractivity (Wildman–Crippen MR) is 76.0 cm³/mol. The number of furan rings is 1. The Balaban J connectivity index is 1.92. The van der Waals surface area contributed by atoms with Gasteiger partial charge in [0, 0.05) is 11.8 Å². The van der Waals surface area contributed by atoms with Crippen molar-refractivity contribution in [1.82, 2.24) is 10.3 Å². The molecule has 0 saturated heterocycles. The number of rotatable bonds is 4. The highest BCUT2D eigenvalue weighted by molar-refractivity contribution is 5.78. The third-order valence-corrected chi connectivity index (χ3v) is 3.31. The van der Waals surface area contributed by atoms with Crippen LogP contribution in [-0.2, 0) is 6.42 Å². The first-order chi connectivity index (χ1) is 9.36. The first-order valence-electron chi connectivity index (χ1n) is 6.42. The van der Waals surface area contributed by atoms with Crippen LogP contribution in [0.5, 0.6) is 0 Å². The van der Waals surface area contributed by atoms with Gasteiger partial charge < -0.3 is 9.73 Å². The summed E-state index contributed by atoms with van der Waals surface area (Å²) < 4.78 is 5.41. The first-order valence-corrected chi connectivity index (χ1v) is 6.42. The molecule has 1 atom stereocenters. The van der Waals surface area contributed by atoms with Crippen molar-refractivity contribution in [3.8, 4) is 0 Å². The number of likely N-dealkylation sites (N-methyl/N-ethyl adjacent to an activating group) is 1. The van der Waals surface area contributed by atoms with E-state index in [1.807, 2.05) is 37.4 Å². The molecule has 3 heteroatoms. The Morgan fingerprint density at radius 2 is 2.00 bits per heavy atom. The quantitative estimate of drug-likeness (QED) is 0.774. The van der Waals surface area contributed by atoms with Crippen LogP contribution in [0, 0.1) is 0 Å². The van der Waals surface area contributed by atoms with E-state index in [0.717, 1.165) is 23.4 Å². The van der Waals surface area contributed by atoms with Crippen LogP contribution < -0.4 is 5.32 Å². The zero-order chi connectivity index (χ0) is 13.1. The van der Waals surface area contributed by atoms with Crippen molar-refractivity contribution in [2.45, 2.75) is 12.5 Å². The van der Waals surface area contributed by atoms with Crippen molar-refractivity contribution >= 4 is 10.9 Å². The van der Waals surface area contributed by atoms with Crippen molar-refractivity contribution in [3.05, 3.63) is 66.2 Å². The largest absolute Gasteiger partial charge is 0.469 e. The minimum absolute atomic E-state index is 0.163. The fraction of sp³-hybridized carbons (Fsp3) is 0.188. The Hall–Kier alpha value is -2.13. The van der Waals surface area contributed by atoms with Gasteiger partial charge in [0.1, 0.15) is 5.76 Å². The van der Waals surface area contributed by atoms with Gasteiger partial charge in [-0.3, -0.25) is 4.98 Å². The van der Waals surface area contributed by atoms with E-state index in [0.29, 0.717) is 0 Å². The van der Waals surface area contributed by atoms with E-state index in [4.69, 9.17) is 9.40 Å². The number of para-hydroxylation sites is 1. The highest BCUT2D eigenvalue weighted by atomic mass is 16.3. The molecule has 1 unspecified atom stereocenters. The molecular formula is C16H16N2O. The molecule has 0 aliphatic heterocycles. The van der Waals surface area contributed by atoms with E-state index in [9.17, 15) is 0 Å². The Morgan fingerprint density at radius 1 is 1.11 bits per heavy atom. The lowest BCUT2D eigenvalue weighted by molar-refractivity contribution is 0.462. The van der Waals surface area contributed by atoms with E-state index >= 15 is 0 Å². The number of nitrogens with zero attached hydrogens (tertiary/aromatic N) is 1. The molecule has 96 valence electrons. The maximum atomic E-state index is 5.41. The topological polar surface area (TPSA) is 38.1 Å². The normalized spacial score (nSPS) is 12.7. The standard InChI is InChI=1S/C16H16N2O/c1-17-16(11-13-6-4-10-19-13)15-9-8-12-5-2-3-7-14(12)18-15/h2-10,16-17H,11H2,1H3. The summed E-state index contributed by atoms with van der Waals surface area (Å²) >= 11 is 0. The molecule has 3 nitrogen and oxygen atoms in total. The van der Waals surface area contributed by atoms with Gasteiger partial charge in [-0.15, -0.1) is 0 Å². The minimum Gasteiger partial charge on any atom is -0.469 e. The highest BCUT2D eigenvalue weighted by Crippen LogP contribution is 2.20. The molecule has 1 N–H and O–H groups in total. The Labute approximate surface area is 112 Å². The van der Waals surface area contributed by atoms with E-state index in [2.05, 4.69) is 23.5 Å². The van der Waals surface area contributed by atoms with Crippen LogP contribution in [0.1, 0.15) is 17.5 Å². The molecule has 0 aliphatic carbocycles. The summed E-state index contributed by atoms with van der Waals surface area (Å²) in [6.45, 7) is 0. The van der Waals surface area contributed by atoms with Gasteiger partial charge in [-0.25, -0.2) is 0 Å². The van der Waals surface area contributed by atoms with Crippen molar-refractivity contribution in [2.75, 3.05) is 7.05 Å². The van der Waals surface area contributed by atoms with Crippen LogP contribution in [0.15, 0.2) is 59.2 Å². The molecular weight excluding hydrogens is 236 g/mol. The zero-order valence-electron chi connectivity index (χ0n) is 10.8. The molecule has 0 bridgehead atoms. The maximum absolute atomic E-state index is 5.41. The van der Waals surface area contributed by atoms with Crippen LogP contribution in [0.25, 0.3) is 10.9 Å². The summed E-state index contributed by atoms with van der Waals surface area (Å²) in [5.41, 5.74) is 2.07. The number of benzene rings is 1. The van der Waals surface area contributed by atoms with E-state index < -0.39 is 0 Å². The Kier molecular flexibility index (Phi) is 3.29. The lowest BCUT2D eigenvalue weighted by atomic mass is 10.1. The van der Waals surface area contributed by atoms with E-state index in [1.165, 1.54) is 5.39 Å². The van der Waals surface area contributed by atoms with Crippen molar-refractivity contribution in [2.24, 2.45) is 0 Å². The fourth-order valence-corrected chi connectivity index (χ4v) is 2.26. The number of hydrogen-bond donors (Lipinski definition) is 1. The molecule has 1 aromatic carbocycles. The van der Waals surface area contributed by atoms with Crippen molar-refractivity contribution < 1.29 is 4.42 Å². The number of nitrogens with one attached hydrogen (secondary N) is 1. The monoisotopic (exact) mass is 252 g/mol. The third-order valence-electron chi connectivity index (χ3n) is 3.31. The molecule has 0 spiro atoms. The second-order valence-electron chi connectivity index (χ2n) is 4.55. The number of fused-ring (bicyclic) bond motifs is 1. The average Bonchev–Trinajstić information content (AvgIpc) is 2.97. The van der Waals surface area contributed by atoms with Gasteiger partial charge in [0.15, 0.2) is 0 Å². The highest BCUT2D eigenvalue weighted by Gasteiger charge is 2.13. The van der Waals surface area contributed by atoms with Gasteiger partial charge in [0.2, 0.25) is 0 Å². The van der Waals surface area contributed by atoms with Gasteiger partial charge in [-0.1, -0.05) is 24.3 Å². The van der Waals surface area contributed by atoms with E-state index in [1.54, 1.807) is 6.26 Å². The van der Waals surface area contributed by atoms with Gasteiger partial charge >= 0.3 is 0 Å². The Morgan fingerprint density at radius 3 is 2.79 bits per heavy atom. The van der Waals surface area contributed by atoms with Crippen LogP contribution in [0.4, 0.5) is 0 Å². The van der Waals surface area contributed by atoms with Crippen LogP contribution in [0.3, 0.4) is 0 Å². The fourth-order valence-electron chi connectivity index (χ4n) is 2.26. The number of aromatic nitrogens is 1. The van der Waals surface area contributed by atoms with Crippen LogP contribution in [0.2, 0.25) is 0 Å². The van der Waals surface area contributed by atoms with Crippen molar-refractivity contribution in [3.63, 3.8) is 0 Å². The predicted octanol–water partition coefficient (Wildman–Crippen LogP) is 3.33. The summed E-state index contributed by atoms with van der Waals surface area (Å²) in [5.74, 6) is 0.967. The number of hydrogen-bond acceptors (Lipinski definition) is 3. The van der Waals surface area contributed by atoms with Crippen molar-refractivity contribution in [1.29, 1.82) is 0 Å². The SMILES string of the molecule is CNC(Cc1ccco1)c1ccc2ccccc2n1. The first kappa shape index (κ1) is 11.9. The Bertz CT molecular complexity index is 661. The lowest BCUT2D eigenvalue weighted by Crippen LogP contribution is -2.19. The second kappa shape index (κ2) is 5.24. The van der Waals surface area contributed by atoms with Gasteiger partial charge in [0.05, 0.1) is 23.5 Å². The third kappa shape index (κ3) is 2.51. The molecule has 0 fully saturated rings. The summed E-state index contributed by atoms with van der Waals surface area (Å²) in [4.78, 5) is 4.72. The molecule has 3 rings (SSSR count). The molecule has 0 aliphatic rings. The lowest BCUT2D eigenvalue weighted by Gasteiger charge is -2.14. The summed E-state index contributed by atoms with van der Waals surface area (Å²) in [6.07, 6.45) is 2.50. The number of pyridine rings is 1. The van der Waals surface area contributed by atoms with Gasteiger partial charge in [0.25, 0.3) is 0 Å². The molecule has 0 radical (unpaired) electrons. The summed E-state index contributed by atoms with van der Waals surface area (Å²) in [5, 5.41) is 4.46. The van der Waals surface area contributed by atoms with Gasteiger partial charge in [-0.2, -0.15) is 0 Å². The zero-order valence-corrected chi connectivity index (χ0v) is 10.8. The smallest absolute Gasteiger partial charge is 0.105 e. The molecule has 3 aromatic rings. The molecule has 0 saturated carbocycles. The summed E-state index contributed by atoms with van der Waals surface area (Å²) in [7, 11) is 1.95. The van der Waals surface area contributed by atoms with Crippen LogP contribution in [-0.4, -0.2) is 12.0 Å².